The van der Waals surface area contributed by atoms with E-state index in [9.17, 15) is 0 Å². The highest BCUT2D eigenvalue weighted by molar-refractivity contribution is 5.61. The SMILES string of the molecule is C=C(C)c1cccc(CCCc2cc(C)cc(C)c2)c1. The van der Waals surface area contributed by atoms with Gasteiger partial charge in [-0.3, -0.25) is 0 Å². The van der Waals surface area contributed by atoms with Crippen LogP contribution in [0.4, 0.5) is 0 Å². The van der Waals surface area contributed by atoms with Gasteiger partial charge in [-0.15, -0.1) is 0 Å². The molecule has 0 saturated heterocycles. The molecule has 2 rings (SSSR count). The number of aryl methyl sites for hydroxylation is 4. The molecule has 0 fully saturated rings. The van der Waals surface area contributed by atoms with Gasteiger partial charge in [0.15, 0.2) is 0 Å². The first kappa shape index (κ1) is 14.6. The van der Waals surface area contributed by atoms with Crippen molar-refractivity contribution in [2.75, 3.05) is 0 Å². The molecule has 0 aliphatic carbocycles. The molecule has 0 nitrogen and oxygen atoms in total. The third-order valence-electron chi connectivity index (χ3n) is 3.63. The van der Waals surface area contributed by atoms with E-state index in [4.69, 9.17) is 0 Å². The molecule has 0 amide bonds. The lowest BCUT2D eigenvalue weighted by atomic mass is 9.99. The summed E-state index contributed by atoms with van der Waals surface area (Å²) in [5.41, 5.74) is 8.00. The zero-order valence-electron chi connectivity index (χ0n) is 12.9. The van der Waals surface area contributed by atoms with Crippen molar-refractivity contribution in [1.82, 2.24) is 0 Å². The largest absolute Gasteiger partial charge is 0.0955 e. The summed E-state index contributed by atoms with van der Waals surface area (Å²) in [7, 11) is 0. The molecule has 0 heterocycles. The molecule has 0 unspecified atom stereocenters. The molecular formula is C20H24. The molecular weight excluding hydrogens is 240 g/mol. The summed E-state index contributed by atoms with van der Waals surface area (Å²) in [5.74, 6) is 0. The van der Waals surface area contributed by atoms with Crippen molar-refractivity contribution < 1.29 is 0 Å². The Labute approximate surface area is 123 Å². The first-order valence-corrected chi connectivity index (χ1v) is 7.36. The van der Waals surface area contributed by atoms with Gasteiger partial charge in [-0.2, -0.15) is 0 Å². The Kier molecular flexibility index (Phi) is 4.79. The van der Waals surface area contributed by atoms with Crippen molar-refractivity contribution in [3.63, 3.8) is 0 Å². The van der Waals surface area contributed by atoms with Crippen molar-refractivity contribution in [3.8, 4) is 0 Å². The highest BCUT2D eigenvalue weighted by atomic mass is 14.1. The lowest BCUT2D eigenvalue weighted by molar-refractivity contribution is 0.819. The van der Waals surface area contributed by atoms with Gasteiger partial charge in [-0.25, -0.2) is 0 Å². The second-order valence-electron chi connectivity index (χ2n) is 5.83. The second kappa shape index (κ2) is 6.56. The van der Waals surface area contributed by atoms with Gasteiger partial charge in [-0.1, -0.05) is 65.7 Å². The molecule has 2 aromatic rings. The maximum atomic E-state index is 4.01. The predicted octanol–water partition coefficient (Wildman–Crippen LogP) is 5.51. The fraction of sp³-hybridized carbons (Fsp3) is 0.300. The molecule has 0 saturated carbocycles. The zero-order valence-corrected chi connectivity index (χ0v) is 12.9. The smallest absolute Gasteiger partial charge is 0.0231 e. The summed E-state index contributed by atoms with van der Waals surface area (Å²) in [5, 5.41) is 0. The van der Waals surface area contributed by atoms with Crippen molar-refractivity contribution in [2.24, 2.45) is 0 Å². The summed E-state index contributed by atoms with van der Waals surface area (Å²) >= 11 is 0. The standard InChI is InChI=1S/C20H24/c1-15(2)20-10-6-8-18(14-20)7-5-9-19-12-16(3)11-17(4)13-19/h6,8,10-14H,1,5,7,9H2,2-4H3. The van der Waals surface area contributed by atoms with Crippen LogP contribution in [0.15, 0.2) is 49.0 Å². The summed E-state index contributed by atoms with van der Waals surface area (Å²) < 4.78 is 0. The van der Waals surface area contributed by atoms with Crippen molar-refractivity contribution in [1.29, 1.82) is 0 Å². The van der Waals surface area contributed by atoms with Gasteiger partial charge in [0, 0.05) is 0 Å². The summed E-state index contributed by atoms with van der Waals surface area (Å²) in [6.07, 6.45) is 3.48. The lowest BCUT2D eigenvalue weighted by Gasteiger charge is -2.07. The maximum absolute atomic E-state index is 4.01. The zero-order chi connectivity index (χ0) is 14.5. The van der Waals surface area contributed by atoms with Crippen LogP contribution in [-0.4, -0.2) is 0 Å². The maximum Gasteiger partial charge on any atom is -0.0231 e. The van der Waals surface area contributed by atoms with E-state index in [1.807, 2.05) is 0 Å². The Morgan fingerprint density at radius 1 is 0.900 bits per heavy atom. The van der Waals surface area contributed by atoms with Crippen LogP contribution in [0.5, 0.6) is 0 Å². The Balaban J connectivity index is 1.95. The second-order valence-corrected chi connectivity index (χ2v) is 5.83. The van der Waals surface area contributed by atoms with Crippen LogP contribution in [-0.2, 0) is 12.8 Å². The topological polar surface area (TPSA) is 0 Å². The van der Waals surface area contributed by atoms with E-state index in [-0.39, 0.29) is 0 Å². The van der Waals surface area contributed by atoms with Crippen LogP contribution in [0.25, 0.3) is 5.57 Å². The van der Waals surface area contributed by atoms with E-state index in [0.717, 1.165) is 18.4 Å². The molecule has 0 spiro atoms. The first-order valence-electron chi connectivity index (χ1n) is 7.36. The van der Waals surface area contributed by atoms with E-state index >= 15 is 0 Å². The van der Waals surface area contributed by atoms with Crippen LogP contribution >= 0.6 is 0 Å². The molecule has 0 radical (unpaired) electrons. The van der Waals surface area contributed by atoms with Crippen LogP contribution in [0, 0.1) is 13.8 Å². The third kappa shape index (κ3) is 4.09. The molecule has 0 atom stereocenters. The molecule has 2 aromatic carbocycles. The number of hydrogen-bond acceptors (Lipinski definition) is 0. The van der Waals surface area contributed by atoms with Crippen molar-refractivity contribution in [2.45, 2.75) is 40.0 Å². The minimum Gasteiger partial charge on any atom is -0.0955 e. The van der Waals surface area contributed by atoms with Gasteiger partial charge in [0.25, 0.3) is 0 Å². The number of hydrogen-bond donors (Lipinski definition) is 0. The minimum absolute atomic E-state index is 1.13. The quantitative estimate of drug-likeness (QED) is 0.667. The number of allylic oxidation sites excluding steroid dienone is 1. The van der Waals surface area contributed by atoms with Crippen LogP contribution in [0.1, 0.15) is 41.2 Å². The van der Waals surface area contributed by atoms with Gasteiger partial charge < -0.3 is 0 Å². The third-order valence-corrected chi connectivity index (χ3v) is 3.63. The molecule has 104 valence electrons. The molecule has 20 heavy (non-hydrogen) atoms. The first-order chi connectivity index (χ1) is 9.54. The molecule has 0 aromatic heterocycles. The van der Waals surface area contributed by atoms with Crippen LogP contribution in [0.3, 0.4) is 0 Å². The Morgan fingerprint density at radius 2 is 1.55 bits per heavy atom. The van der Waals surface area contributed by atoms with Gasteiger partial charge in [0.1, 0.15) is 0 Å². The summed E-state index contributed by atoms with van der Waals surface area (Å²) in [6.45, 7) is 10.4. The molecule has 0 heteroatoms. The molecule has 0 aliphatic rings. The van der Waals surface area contributed by atoms with Crippen molar-refractivity contribution >= 4 is 5.57 Å². The fourth-order valence-electron chi connectivity index (χ4n) is 2.70. The highest BCUT2D eigenvalue weighted by Crippen LogP contribution is 2.16. The summed E-state index contributed by atoms with van der Waals surface area (Å²) in [4.78, 5) is 0. The molecule has 0 aliphatic heterocycles. The minimum atomic E-state index is 1.13. The average Bonchev–Trinajstić information content (AvgIpc) is 2.38. The predicted molar refractivity (Wildman–Crippen MR) is 89.1 cm³/mol. The monoisotopic (exact) mass is 264 g/mol. The van der Waals surface area contributed by atoms with Crippen LogP contribution in [0.2, 0.25) is 0 Å². The average molecular weight is 264 g/mol. The number of benzene rings is 2. The molecule has 0 bridgehead atoms. The Hall–Kier alpha value is -1.82. The van der Waals surface area contributed by atoms with E-state index in [0.29, 0.717) is 0 Å². The van der Waals surface area contributed by atoms with E-state index < -0.39 is 0 Å². The van der Waals surface area contributed by atoms with Gasteiger partial charge in [0.2, 0.25) is 0 Å². The van der Waals surface area contributed by atoms with E-state index in [1.54, 1.807) is 0 Å². The summed E-state index contributed by atoms with van der Waals surface area (Å²) in [6, 6.07) is 15.6. The highest BCUT2D eigenvalue weighted by Gasteiger charge is 2.00. The fourth-order valence-corrected chi connectivity index (χ4v) is 2.70. The van der Waals surface area contributed by atoms with E-state index in [2.05, 4.69) is 69.8 Å². The van der Waals surface area contributed by atoms with E-state index in [1.165, 1.54) is 34.2 Å². The van der Waals surface area contributed by atoms with Gasteiger partial charge >= 0.3 is 0 Å². The number of rotatable bonds is 5. The Bertz CT molecular complexity index is 585. The van der Waals surface area contributed by atoms with Gasteiger partial charge in [-0.05, 0) is 56.7 Å². The Morgan fingerprint density at radius 3 is 2.20 bits per heavy atom. The lowest BCUT2D eigenvalue weighted by Crippen LogP contribution is -1.92. The van der Waals surface area contributed by atoms with Gasteiger partial charge in [0.05, 0.1) is 0 Å². The normalized spacial score (nSPS) is 10.6. The molecule has 0 N–H and O–H groups in total. The van der Waals surface area contributed by atoms with Crippen molar-refractivity contribution in [3.05, 3.63) is 76.9 Å². The van der Waals surface area contributed by atoms with Crippen LogP contribution < -0.4 is 0 Å².